The molecule has 1 aliphatic rings. The monoisotopic (exact) mass is 372 g/mol. The number of ether oxygens (including phenoxy) is 1. The minimum atomic E-state index is -3.80. The van der Waals surface area contributed by atoms with Crippen LogP contribution < -0.4 is 10.5 Å². The van der Waals surface area contributed by atoms with Crippen LogP contribution in [0, 0.1) is 0 Å². The molecule has 3 aromatic rings. The van der Waals surface area contributed by atoms with E-state index >= 15 is 0 Å². The van der Waals surface area contributed by atoms with E-state index in [2.05, 4.69) is 15.0 Å². The van der Waals surface area contributed by atoms with Crippen molar-refractivity contribution < 1.29 is 13.2 Å². The second kappa shape index (κ2) is 6.60. The molecule has 1 saturated carbocycles. The van der Waals surface area contributed by atoms with Gasteiger partial charge in [-0.15, -0.1) is 0 Å². The Bertz CT molecular complexity index is 1030. The number of nitrogen functional groups attached to an aromatic ring is 1. The number of aromatic amines is 1. The van der Waals surface area contributed by atoms with Gasteiger partial charge in [0, 0.05) is 0 Å². The Morgan fingerprint density at radius 1 is 1.08 bits per heavy atom. The molecule has 136 valence electrons. The zero-order valence-electron chi connectivity index (χ0n) is 14.2. The first-order valence-electron chi connectivity index (χ1n) is 8.66. The summed E-state index contributed by atoms with van der Waals surface area (Å²) in [5.41, 5.74) is 6.70. The summed E-state index contributed by atoms with van der Waals surface area (Å²) in [6, 6.07) is 8.17. The third-order valence-electron chi connectivity index (χ3n) is 4.68. The van der Waals surface area contributed by atoms with Gasteiger partial charge in [0.25, 0.3) is 0 Å². The van der Waals surface area contributed by atoms with E-state index in [1.165, 1.54) is 24.9 Å². The van der Waals surface area contributed by atoms with Gasteiger partial charge in [0.2, 0.25) is 15.7 Å². The topological polar surface area (TPSA) is 111 Å². The van der Waals surface area contributed by atoms with Gasteiger partial charge in [-0.2, -0.15) is 4.98 Å². The minimum absolute atomic E-state index is 0.0328. The van der Waals surface area contributed by atoms with Crippen LogP contribution in [-0.2, 0) is 9.84 Å². The molecule has 4 rings (SSSR count). The number of rotatable bonds is 4. The maximum Gasteiger partial charge on any atom is 0.241 e. The van der Waals surface area contributed by atoms with Crippen molar-refractivity contribution in [2.45, 2.75) is 48.0 Å². The van der Waals surface area contributed by atoms with Crippen molar-refractivity contribution >= 4 is 26.7 Å². The zero-order valence-corrected chi connectivity index (χ0v) is 15.0. The first-order valence-corrected chi connectivity index (χ1v) is 10.1. The lowest BCUT2D eigenvalue weighted by Gasteiger charge is -2.22. The highest BCUT2D eigenvalue weighted by Gasteiger charge is 2.28. The molecule has 0 radical (unpaired) electrons. The Hall–Kier alpha value is -2.61. The van der Waals surface area contributed by atoms with E-state index in [9.17, 15) is 8.42 Å². The Balaban J connectivity index is 1.80. The Kier molecular flexibility index (Phi) is 4.28. The molecule has 2 heterocycles. The summed E-state index contributed by atoms with van der Waals surface area (Å²) in [4.78, 5) is 11.4. The van der Waals surface area contributed by atoms with Crippen LogP contribution in [0.5, 0.6) is 5.88 Å². The lowest BCUT2D eigenvalue weighted by Crippen LogP contribution is -2.20. The Morgan fingerprint density at radius 2 is 1.81 bits per heavy atom. The lowest BCUT2D eigenvalue weighted by molar-refractivity contribution is 0.150. The van der Waals surface area contributed by atoms with Gasteiger partial charge >= 0.3 is 0 Å². The molecule has 0 saturated heterocycles. The van der Waals surface area contributed by atoms with E-state index in [1.54, 1.807) is 18.2 Å². The highest BCUT2D eigenvalue weighted by Crippen LogP contribution is 2.35. The Labute approximate surface area is 151 Å². The molecule has 1 aliphatic carbocycles. The molecule has 0 aliphatic heterocycles. The fourth-order valence-electron chi connectivity index (χ4n) is 3.39. The Morgan fingerprint density at radius 3 is 2.54 bits per heavy atom. The predicted octanol–water partition coefficient (Wildman–Crippen LogP) is 3.08. The van der Waals surface area contributed by atoms with Gasteiger partial charge in [-0.05, 0) is 37.8 Å². The molecule has 0 atom stereocenters. The summed E-state index contributed by atoms with van der Waals surface area (Å²) >= 11 is 0. The van der Waals surface area contributed by atoms with Crippen LogP contribution in [0.4, 0.5) is 5.82 Å². The lowest BCUT2D eigenvalue weighted by atomic mass is 9.98. The van der Waals surface area contributed by atoms with Gasteiger partial charge in [0.15, 0.2) is 0 Å². The van der Waals surface area contributed by atoms with E-state index in [4.69, 9.17) is 10.5 Å². The average molecular weight is 372 g/mol. The van der Waals surface area contributed by atoms with E-state index < -0.39 is 9.84 Å². The summed E-state index contributed by atoms with van der Waals surface area (Å²) in [6.07, 6.45) is 6.80. The SMILES string of the molecule is Nc1[nH]c2c(OC3CCCCC3)ncnc2c1S(=O)(=O)c1ccccc1. The van der Waals surface area contributed by atoms with Gasteiger partial charge in [-0.1, -0.05) is 24.6 Å². The van der Waals surface area contributed by atoms with Crippen molar-refractivity contribution in [3.8, 4) is 5.88 Å². The third kappa shape index (κ3) is 2.90. The van der Waals surface area contributed by atoms with Crippen LogP contribution in [0.1, 0.15) is 32.1 Å². The molecule has 8 heteroatoms. The summed E-state index contributed by atoms with van der Waals surface area (Å²) in [6.45, 7) is 0. The standard InChI is InChI=1S/C18H20N4O3S/c19-17-16(26(23,24)13-9-5-2-6-10-13)14-15(22-17)18(21-11-20-14)25-12-7-3-1-4-8-12/h2,5-6,9-12,22H,1,3-4,7-8,19H2. The number of nitrogens with two attached hydrogens (primary N) is 1. The summed E-state index contributed by atoms with van der Waals surface area (Å²) in [5.74, 6) is 0.390. The van der Waals surface area contributed by atoms with Gasteiger partial charge in [-0.3, -0.25) is 0 Å². The van der Waals surface area contributed by atoms with Gasteiger partial charge < -0.3 is 15.5 Å². The first-order chi connectivity index (χ1) is 12.6. The third-order valence-corrected chi connectivity index (χ3v) is 6.53. The highest BCUT2D eigenvalue weighted by atomic mass is 32.2. The summed E-state index contributed by atoms with van der Waals surface area (Å²) in [5, 5.41) is 0. The predicted molar refractivity (Wildman–Crippen MR) is 97.7 cm³/mol. The maximum absolute atomic E-state index is 13.0. The molecule has 1 fully saturated rings. The average Bonchev–Trinajstić information content (AvgIpc) is 3.01. The quantitative estimate of drug-likeness (QED) is 0.728. The number of fused-ring (bicyclic) bond motifs is 1. The smallest absolute Gasteiger partial charge is 0.241 e. The number of aromatic nitrogens is 3. The molecular formula is C18H20N4O3S. The molecule has 1 aromatic carbocycles. The number of nitrogens with zero attached hydrogens (tertiary/aromatic N) is 2. The molecule has 0 bridgehead atoms. The van der Waals surface area contributed by atoms with Crippen molar-refractivity contribution in [1.29, 1.82) is 0 Å². The van der Waals surface area contributed by atoms with Crippen molar-refractivity contribution in [3.05, 3.63) is 36.7 Å². The highest BCUT2D eigenvalue weighted by molar-refractivity contribution is 7.92. The molecule has 2 aromatic heterocycles. The van der Waals surface area contributed by atoms with E-state index in [-0.39, 0.29) is 27.2 Å². The van der Waals surface area contributed by atoms with Gasteiger partial charge in [0.1, 0.15) is 34.2 Å². The van der Waals surface area contributed by atoms with Gasteiger partial charge in [-0.25, -0.2) is 13.4 Å². The molecule has 26 heavy (non-hydrogen) atoms. The number of anilines is 1. The fraction of sp³-hybridized carbons (Fsp3) is 0.333. The number of hydrogen-bond acceptors (Lipinski definition) is 6. The molecular weight excluding hydrogens is 352 g/mol. The van der Waals surface area contributed by atoms with Crippen molar-refractivity contribution in [2.75, 3.05) is 5.73 Å². The number of benzene rings is 1. The molecule has 0 amide bonds. The van der Waals surface area contributed by atoms with Gasteiger partial charge in [0.05, 0.1) is 4.90 Å². The molecule has 0 spiro atoms. The van der Waals surface area contributed by atoms with Crippen LogP contribution in [0.15, 0.2) is 46.5 Å². The maximum atomic E-state index is 13.0. The van der Waals surface area contributed by atoms with E-state index in [0.29, 0.717) is 11.4 Å². The van der Waals surface area contributed by atoms with Crippen LogP contribution in [-0.4, -0.2) is 29.5 Å². The second-order valence-corrected chi connectivity index (χ2v) is 8.35. The van der Waals surface area contributed by atoms with Crippen molar-refractivity contribution in [2.24, 2.45) is 0 Å². The largest absolute Gasteiger partial charge is 0.473 e. The first kappa shape index (κ1) is 16.8. The number of nitrogens with one attached hydrogen (secondary N) is 1. The molecule has 3 N–H and O–H groups in total. The normalized spacial score (nSPS) is 16.0. The second-order valence-electron chi connectivity index (χ2n) is 6.46. The van der Waals surface area contributed by atoms with Crippen molar-refractivity contribution in [1.82, 2.24) is 15.0 Å². The van der Waals surface area contributed by atoms with Crippen LogP contribution in [0.3, 0.4) is 0 Å². The summed E-state index contributed by atoms with van der Waals surface area (Å²) < 4.78 is 32.1. The van der Waals surface area contributed by atoms with Crippen LogP contribution in [0.25, 0.3) is 11.0 Å². The number of hydrogen-bond donors (Lipinski definition) is 2. The molecule has 7 nitrogen and oxygen atoms in total. The van der Waals surface area contributed by atoms with Crippen molar-refractivity contribution in [3.63, 3.8) is 0 Å². The zero-order chi connectivity index (χ0) is 18.1. The number of H-pyrrole nitrogens is 1. The number of sulfone groups is 1. The van der Waals surface area contributed by atoms with E-state index in [0.717, 1.165) is 25.7 Å². The fourth-order valence-corrected chi connectivity index (χ4v) is 4.89. The van der Waals surface area contributed by atoms with Crippen LogP contribution >= 0.6 is 0 Å². The minimum Gasteiger partial charge on any atom is -0.473 e. The molecule has 0 unspecified atom stereocenters. The van der Waals surface area contributed by atoms with E-state index in [1.807, 2.05) is 0 Å². The summed E-state index contributed by atoms with van der Waals surface area (Å²) in [7, 11) is -3.80. The van der Waals surface area contributed by atoms with Crippen LogP contribution in [0.2, 0.25) is 0 Å².